The van der Waals surface area contributed by atoms with Crippen LogP contribution in [0.4, 0.5) is 5.69 Å². The van der Waals surface area contributed by atoms with E-state index < -0.39 is 0 Å². The molecule has 0 heterocycles. The van der Waals surface area contributed by atoms with Gasteiger partial charge in [0.2, 0.25) is 0 Å². The molecule has 0 spiro atoms. The molecule has 0 aliphatic rings. The van der Waals surface area contributed by atoms with Gasteiger partial charge in [-0.05, 0) is 46.9 Å². The zero-order valence-corrected chi connectivity index (χ0v) is 10.8. The highest BCUT2D eigenvalue weighted by Crippen LogP contribution is 2.30. The molecule has 1 rings (SSSR count). The van der Waals surface area contributed by atoms with Crippen molar-refractivity contribution in [2.75, 3.05) is 5.32 Å². The summed E-state index contributed by atoms with van der Waals surface area (Å²) in [5.74, 6) is 0. The number of nitrogens with one attached hydrogen (secondary N) is 1. The first-order valence-corrected chi connectivity index (χ1v) is 5.46. The summed E-state index contributed by atoms with van der Waals surface area (Å²) in [6.45, 7) is 0. The summed E-state index contributed by atoms with van der Waals surface area (Å²) >= 11 is 18.5. The Hall–Kier alpha value is 0.220. The molecule has 13 heavy (non-hydrogen) atoms. The van der Waals surface area contributed by atoms with E-state index in [1.807, 2.05) is 0 Å². The van der Waals surface area contributed by atoms with Gasteiger partial charge >= 0.3 is 0 Å². The van der Waals surface area contributed by atoms with Crippen LogP contribution >= 0.6 is 58.0 Å². The summed E-state index contributed by atoms with van der Waals surface area (Å²) in [6, 6.07) is 3.40. The van der Waals surface area contributed by atoms with Crippen molar-refractivity contribution in [1.29, 1.82) is 0 Å². The summed E-state index contributed by atoms with van der Waals surface area (Å²) in [5.41, 5.74) is 6.02. The lowest BCUT2D eigenvalue weighted by Gasteiger charge is -2.08. The second-order valence-corrected chi connectivity index (χ2v) is 4.68. The van der Waals surface area contributed by atoms with Crippen molar-refractivity contribution in [2.45, 2.75) is 0 Å². The number of thiocarbonyl (C=S) groups is 1. The molecule has 0 atom stereocenters. The number of benzene rings is 1. The van der Waals surface area contributed by atoms with Gasteiger partial charge in [-0.3, -0.25) is 0 Å². The Kier molecular flexibility index (Phi) is 4.03. The summed E-state index contributed by atoms with van der Waals surface area (Å²) < 4.78 is 0.878. The summed E-state index contributed by atoms with van der Waals surface area (Å²) in [6.07, 6.45) is 0. The molecule has 0 bridgehead atoms. The Balaban J connectivity index is 3.13. The van der Waals surface area contributed by atoms with E-state index in [2.05, 4.69) is 27.9 Å². The van der Waals surface area contributed by atoms with Gasteiger partial charge in [0.15, 0.2) is 5.11 Å². The summed E-state index contributed by atoms with van der Waals surface area (Å²) in [4.78, 5) is 0. The minimum atomic E-state index is 0.183. The third-order valence-corrected chi connectivity index (χ3v) is 2.72. The van der Waals surface area contributed by atoms with Crippen LogP contribution in [0.5, 0.6) is 0 Å². The van der Waals surface area contributed by atoms with E-state index in [1.165, 1.54) is 0 Å². The molecule has 70 valence electrons. The van der Waals surface area contributed by atoms with E-state index in [9.17, 15) is 0 Å². The largest absolute Gasteiger partial charge is 0.376 e. The van der Waals surface area contributed by atoms with Crippen LogP contribution in [0.15, 0.2) is 12.1 Å². The van der Waals surface area contributed by atoms with Crippen molar-refractivity contribution in [3.8, 4) is 0 Å². The van der Waals surface area contributed by atoms with E-state index in [1.54, 1.807) is 12.1 Å². The molecule has 0 saturated carbocycles. The van der Waals surface area contributed by atoms with E-state index in [4.69, 9.17) is 41.2 Å². The van der Waals surface area contributed by atoms with Crippen LogP contribution in [0.3, 0.4) is 0 Å². The summed E-state index contributed by atoms with van der Waals surface area (Å²) in [5, 5.41) is 4.05. The van der Waals surface area contributed by atoms with Gasteiger partial charge < -0.3 is 11.1 Å². The smallest absolute Gasteiger partial charge is 0.168 e. The minimum absolute atomic E-state index is 0.183. The van der Waals surface area contributed by atoms with E-state index in [0.29, 0.717) is 15.7 Å². The molecule has 2 nitrogen and oxygen atoms in total. The van der Waals surface area contributed by atoms with Crippen LogP contribution in [-0.4, -0.2) is 5.11 Å². The molecule has 3 N–H and O–H groups in total. The topological polar surface area (TPSA) is 38.0 Å². The fourth-order valence-corrected chi connectivity index (χ4v) is 2.53. The van der Waals surface area contributed by atoms with Gasteiger partial charge in [0.05, 0.1) is 10.7 Å². The number of hydrogen-bond acceptors (Lipinski definition) is 1. The van der Waals surface area contributed by atoms with Crippen LogP contribution in [0.25, 0.3) is 0 Å². The van der Waals surface area contributed by atoms with Crippen molar-refractivity contribution in [3.63, 3.8) is 0 Å². The second kappa shape index (κ2) is 4.63. The Bertz CT molecular complexity index is 333. The lowest BCUT2D eigenvalue weighted by Crippen LogP contribution is -2.19. The number of anilines is 1. The van der Waals surface area contributed by atoms with Crippen LogP contribution in [0.1, 0.15) is 0 Å². The Morgan fingerprint density at radius 3 is 2.54 bits per heavy atom. The highest BCUT2D eigenvalue weighted by atomic mass is 127. The third-order valence-electron chi connectivity index (χ3n) is 1.26. The normalized spacial score (nSPS) is 9.77. The first kappa shape index (κ1) is 11.3. The molecule has 0 amide bonds. The average molecular weight is 347 g/mol. The van der Waals surface area contributed by atoms with Crippen molar-refractivity contribution in [1.82, 2.24) is 0 Å². The molecule has 1 aromatic carbocycles. The highest BCUT2D eigenvalue weighted by Gasteiger charge is 2.06. The highest BCUT2D eigenvalue weighted by molar-refractivity contribution is 14.1. The maximum atomic E-state index is 5.91. The van der Waals surface area contributed by atoms with E-state index in [0.717, 1.165) is 3.57 Å². The van der Waals surface area contributed by atoms with Gasteiger partial charge in [-0.1, -0.05) is 23.2 Å². The van der Waals surface area contributed by atoms with Crippen molar-refractivity contribution >= 4 is 68.8 Å². The molecule has 0 aromatic heterocycles. The lowest BCUT2D eigenvalue weighted by atomic mass is 10.3. The van der Waals surface area contributed by atoms with Gasteiger partial charge in [-0.15, -0.1) is 0 Å². The molecule has 0 saturated heterocycles. The van der Waals surface area contributed by atoms with Crippen molar-refractivity contribution in [3.05, 3.63) is 25.7 Å². The predicted molar refractivity (Wildman–Crippen MR) is 69.6 cm³/mol. The van der Waals surface area contributed by atoms with Crippen LogP contribution in [0, 0.1) is 3.57 Å². The Morgan fingerprint density at radius 2 is 2.08 bits per heavy atom. The maximum absolute atomic E-state index is 5.91. The molecular weight excluding hydrogens is 342 g/mol. The third kappa shape index (κ3) is 3.12. The Morgan fingerprint density at radius 1 is 1.46 bits per heavy atom. The fourth-order valence-electron chi connectivity index (χ4n) is 0.785. The molecule has 1 aromatic rings. The van der Waals surface area contributed by atoms with Gasteiger partial charge in [0.25, 0.3) is 0 Å². The van der Waals surface area contributed by atoms with Crippen LogP contribution in [-0.2, 0) is 0 Å². The van der Waals surface area contributed by atoms with Gasteiger partial charge in [-0.2, -0.15) is 0 Å². The number of rotatable bonds is 1. The maximum Gasteiger partial charge on any atom is 0.168 e. The second-order valence-electron chi connectivity index (χ2n) is 2.23. The average Bonchev–Trinajstić information content (AvgIpc) is 1.96. The molecule has 0 unspecified atom stereocenters. The number of nitrogens with two attached hydrogens (primary N) is 1. The first-order valence-electron chi connectivity index (χ1n) is 3.21. The molecule has 0 fully saturated rings. The standard InChI is InChI=1S/C7H5Cl2IN2S/c8-3-1-4(9)6(5(10)2-3)12-7(11)13/h1-2H,(H3,11,12,13). The Labute approximate surface area is 105 Å². The van der Waals surface area contributed by atoms with Crippen LogP contribution in [0.2, 0.25) is 10.0 Å². The molecule has 0 radical (unpaired) electrons. The van der Waals surface area contributed by atoms with E-state index >= 15 is 0 Å². The monoisotopic (exact) mass is 346 g/mol. The molecule has 0 aliphatic heterocycles. The van der Waals surface area contributed by atoms with Gasteiger partial charge in [-0.25, -0.2) is 0 Å². The lowest BCUT2D eigenvalue weighted by molar-refractivity contribution is 1.57. The first-order chi connectivity index (χ1) is 6.00. The molecule has 0 aliphatic carbocycles. The zero-order chi connectivity index (χ0) is 10.0. The van der Waals surface area contributed by atoms with Gasteiger partial charge in [0.1, 0.15) is 0 Å². The molecular formula is C7H5Cl2IN2S. The minimum Gasteiger partial charge on any atom is -0.376 e. The fraction of sp³-hybridized carbons (Fsp3) is 0. The molecule has 6 heteroatoms. The van der Waals surface area contributed by atoms with Crippen LogP contribution < -0.4 is 11.1 Å². The predicted octanol–water partition coefficient (Wildman–Crippen LogP) is 3.25. The van der Waals surface area contributed by atoms with Gasteiger partial charge in [0, 0.05) is 8.59 Å². The van der Waals surface area contributed by atoms with E-state index in [-0.39, 0.29) is 5.11 Å². The summed E-state index contributed by atoms with van der Waals surface area (Å²) in [7, 11) is 0. The van der Waals surface area contributed by atoms with Crippen molar-refractivity contribution < 1.29 is 0 Å². The quantitative estimate of drug-likeness (QED) is 0.605. The zero-order valence-electron chi connectivity index (χ0n) is 6.27. The van der Waals surface area contributed by atoms with Crippen molar-refractivity contribution in [2.24, 2.45) is 5.73 Å². The number of hydrogen-bond donors (Lipinski definition) is 2. The number of halogens is 3. The SMILES string of the molecule is NC(=S)Nc1c(Cl)cc(Cl)cc1I.